The van der Waals surface area contributed by atoms with Crippen molar-refractivity contribution in [2.24, 2.45) is 0 Å². The van der Waals surface area contributed by atoms with Gasteiger partial charge in [-0.25, -0.2) is 8.42 Å². The van der Waals surface area contributed by atoms with Gasteiger partial charge in [0.25, 0.3) is 0 Å². The van der Waals surface area contributed by atoms with Crippen molar-refractivity contribution in [1.29, 1.82) is 0 Å². The van der Waals surface area contributed by atoms with Crippen LogP contribution in [0.5, 0.6) is 0 Å². The largest absolute Gasteiger partial charge is 0.412 e. The van der Waals surface area contributed by atoms with Crippen LogP contribution in [0.3, 0.4) is 0 Å². The third-order valence-electron chi connectivity index (χ3n) is 6.44. The molecule has 0 bridgehead atoms. The Morgan fingerprint density at radius 1 is 1.03 bits per heavy atom. The number of amides is 1. The maximum absolute atomic E-state index is 12.8. The summed E-state index contributed by atoms with van der Waals surface area (Å²) in [5, 5.41) is 10.7. The van der Waals surface area contributed by atoms with Gasteiger partial charge in [0.15, 0.2) is 0 Å². The smallest absolute Gasteiger partial charge is 0.308 e. The standard InChI is InChI=1S/C23H33N5O5S/c1-18(27-12-4-2-3-5-13-27)10-11-24-21(29)23-26-25-22(33-23)19-6-8-20(9-7-19)34(30,31)28-14-16-32-17-15-28/h6-9,18H,2-5,10-17H2,1H3,(H,24,29)/t18-/m0/s1. The highest BCUT2D eigenvalue weighted by Gasteiger charge is 2.26. The molecule has 0 unspecified atom stereocenters. The van der Waals surface area contributed by atoms with Crippen LogP contribution in [0.1, 0.15) is 49.7 Å². The van der Waals surface area contributed by atoms with Gasteiger partial charge in [0.1, 0.15) is 0 Å². The van der Waals surface area contributed by atoms with E-state index in [0.29, 0.717) is 44.5 Å². The van der Waals surface area contributed by atoms with Crippen LogP contribution in [-0.2, 0) is 14.8 Å². The number of morpholine rings is 1. The van der Waals surface area contributed by atoms with Crippen molar-refractivity contribution < 1.29 is 22.4 Å². The maximum atomic E-state index is 12.8. The van der Waals surface area contributed by atoms with Crippen molar-refractivity contribution in [3.05, 3.63) is 30.2 Å². The van der Waals surface area contributed by atoms with E-state index >= 15 is 0 Å². The van der Waals surface area contributed by atoms with E-state index in [0.717, 1.165) is 19.5 Å². The molecule has 0 aliphatic carbocycles. The number of nitrogens with zero attached hydrogens (tertiary/aromatic N) is 4. The number of rotatable bonds is 8. The van der Waals surface area contributed by atoms with Gasteiger partial charge in [0, 0.05) is 31.2 Å². The monoisotopic (exact) mass is 491 g/mol. The van der Waals surface area contributed by atoms with E-state index in [2.05, 4.69) is 27.3 Å². The van der Waals surface area contributed by atoms with Crippen molar-refractivity contribution in [3.8, 4) is 11.5 Å². The average molecular weight is 492 g/mol. The van der Waals surface area contributed by atoms with E-state index in [1.807, 2.05) is 0 Å². The minimum absolute atomic E-state index is 0.109. The highest BCUT2D eigenvalue weighted by molar-refractivity contribution is 7.89. The van der Waals surface area contributed by atoms with Crippen molar-refractivity contribution >= 4 is 15.9 Å². The second kappa shape index (κ2) is 11.4. The molecule has 2 aliphatic rings. The Balaban J connectivity index is 1.31. The fourth-order valence-corrected chi connectivity index (χ4v) is 5.73. The van der Waals surface area contributed by atoms with Gasteiger partial charge in [-0.05, 0) is 63.5 Å². The van der Waals surface area contributed by atoms with Crippen LogP contribution in [-0.4, -0.2) is 85.7 Å². The first-order valence-corrected chi connectivity index (χ1v) is 13.4. The van der Waals surface area contributed by atoms with Crippen molar-refractivity contribution in [1.82, 2.24) is 24.7 Å². The van der Waals surface area contributed by atoms with Gasteiger partial charge in [-0.2, -0.15) is 4.31 Å². The van der Waals surface area contributed by atoms with Crippen molar-refractivity contribution in [2.75, 3.05) is 45.9 Å². The summed E-state index contributed by atoms with van der Waals surface area (Å²) < 4.78 is 37.7. The predicted octanol–water partition coefficient (Wildman–Crippen LogP) is 2.14. The predicted molar refractivity (Wildman–Crippen MR) is 126 cm³/mol. The number of hydrogen-bond donors (Lipinski definition) is 1. The van der Waals surface area contributed by atoms with Crippen LogP contribution in [0.25, 0.3) is 11.5 Å². The molecule has 1 aromatic carbocycles. The summed E-state index contributed by atoms with van der Waals surface area (Å²) in [5.74, 6) is -0.353. The normalized spacial score (nSPS) is 19.4. The third kappa shape index (κ3) is 6.01. The lowest BCUT2D eigenvalue weighted by atomic mass is 10.2. The minimum Gasteiger partial charge on any atom is -0.412 e. The number of aromatic nitrogens is 2. The third-order valence-corrected chi connectivity index (χ3v) is 8.35. The zero-order valence-electron chi connectivity index (χ0n) is 19.6. The number of hydrogen-bond acceptors (Lipinski definition) is 8. The molecule has 1 atom stereocenters. The SMILES string of the molecule is C[C@@H](CCNC(=O)c1nnc(-c2ccc(S(=O)(=O)N3CCOCC3)cc2)o1)N1CCCCCC1. The molecule has 2 aliphatic heterocycles. The molecule has 3 heterocycles. The summed E-state index contributed by atoms with van der Waals surface area (Å²) in [6, 6.07) is 6.63. The summed E-state index contributed by atoms with van der Waals surface area (Å²) in [6.07, 6.45) is 5.92. The summed E-state index contributed by atoms with van der Waals surface area (Å²) in [7, 11) is -3.58. The Morgan fingerprint density at radius 2 is 1.71 bits per heavy atom. The second-order valence-corrected chi connectivity index (χ2v) is 10.7. The Labute approximate surface area is 200 Å². The summed E-state index contributed by atoms with van der Waals surface area (Å²) in [4.78, 5) is 15.1. The second-order valence-electron chi connectivity index (χ2n) is 8.80. The Bertz CT molecular complexity index is 1040. The number of nitrogens with one attached hydrogen (secondary N) is 1. The molecule has 0 saturated carbocycles. The van der Waals surface area contributed by atoms with E-state index in [1.54, 1.807) is 12.1 Å². The van der Waals surface area contributed by atoms with Crippen LogP contribution in [0.4, 0.5) is 0 Å². The Kier molecular flexibility index (Phi) is 8.30. The van der Waals surface area contributed by atoms with Crippen LogP contribution < -0.4 is 5.32 Å². The molecule has 2 saturated heterocycles. The molecule has 1 amide bonds. The zero-order valence-corrected chi connectivity index (χ0v) is 20.4. The molecule has 1 aromatic heterocycles. The van der Waals surface area contributed by atoms with Gasteiger partial charge in [-0.1, -0.05) is 12.8 Å². The van der Waals surface area contributed by atoms with E-state index in [4.69, 9.17) is 9.15 Å². The lowest BCUT2D eigenvalue weighted by Gasteiger charge is -2.27. The lowest BCUT2D eigenvalue weighted by Crippen LogP contribution is -2.40. The number of benzene rings is 1. The molecule has 4 rings (SSSR count). The van der Waals surface area contributed by atoms with E-state index in [9.17, 15) is 13.2 Å². The number of likely N-dealkylation sites (tertiary alicyclic amines) is 1. The molecule has 11 heteroatoms. The average Bonchev–Trinajstić information content (AvgIpc) is 3.20. The molecule has 2 aromatic rings. The highest BCUT2D eigenvalue weighted by Crippen LogP contribution is 2.23. The van der Waals surface area contributed by atoms with E-state index in [-0.39, 0.29) is 16.7 Å². The van der Waals surface area contributed by atoms with Crippen LogP contribution in [0.2, 0.25) is 0 Å². The van der Waals surface area contributed by atoms with Gasteiger partial charge >= 0.3 is 11.8 Å². The van der Waals surface area contributed by atoms with E-state index < -0.39 is 15.9 Å². The highest BCUT2D eigenvalue weighted by atomic mass is 32.2. The molecule has 1 N–H and O–H groups in total. The lowest BCUT2D eigenvalue weighted by molar-refractivity contribution is 0.0730. The molecule has 2 fully saturated rings. The number of sulfonamides is 1. The molecule has 10 nitrogen and oxygen atoms in total. The minimum atomic E-state index is -3.58. The number of carbonyl (C=O) groups excluding carboxylic acids is 1. The first kappa shape index (κ1) is 24.8. The molecule has 0 radical (unpaired) electrons. The molecular weight excluding hydrogens is 458 g/mol. The van der Waals surface area contributed by atoms with Gasteiger partial charge in [-0.3, -0.25) is 4.79 Å². The Hall–Kier alpha value is -2.34. The van der Waals surface area contributed by atoms with Crippen LogP contribution >= 0.6 is 0 Å². The molecule has 0 spiro atoms. The van der Waals surface area contributed by atoms with Gasteiger partial charge in [-0.15, -0.1) is 10.2 Å². The maximum Gasteiger partial charge on any atom is 0.308 e. The van der Waals surface area contributed by atoms with Gasteiger partial charge in [0.05, 0.1) is 18.1 Å². The van der Waals surface area contributed by atoms with Crippen molar-refractivity contribution in [3.63, 3.8) is 0 Å². The van der Waals surface area contributed by atoms with Crippen LogP contribution in [0, 0.1) is 0 Å². The number of carbonyl (C=O) groups is 1. The van der Waals surface area contributed by atoms with Gasteiger partial charge < -0.3 is 19.4 Å². The number of ether oxygens (including phenoxy) is 1. The zero-order chi connectivity index (χ0) is 24.0. The first-order chi connectivity index (χ1) is 16.4. The Morgan fingerprint density at radius 3 is 2.38 bits per heavy atom. The fraction of sp³-hybridized carbons (Fsp3) is 0.609. The molecule has 34 heavy (non-hydrogen) atoms. The summed E-state index contributed by atoms with van der Waals surface area (Å²) >= 11 is 0. The first-order valence-electron chi connectivity index (χ1n) is 12.0. The summed E-state index contributed by atoms with van der Waals surface area (Å²) in [6.45, 7) is 6.42. The molecular formula is C23H33N5O5S. The van der Waals surface area contributed by atoms with Crippen LogP contribution in [0.15, 0.2) is 33.6 Å². The topological polar surface area (TPSA) is 118 Å². The fourth-order valence-electron chi connectivity index (χ4n) is 4.33. The van der Waals surface area contributed by atoms with Crippen molar-refractivity contribution in [2.45, 2.75) is 50.0 Å². The van der Waals surface area contributed by atoms with Gasteiger partial charge in [0.2, 0.25) is 15.9 Å². The summed E-state index contributed by atoms with van der Waals surface area (Å²) in [5.41, 5.74) is 0.544. The quantitative estimate of drug-likeness (QED) is 0.597. The molecule has 186 valence electrons. The van der Waals surface area contributed by atoms with E-state index in [1.165, 1.54) is 42.1 Å².